The summed E-state index contributed by atoms with van der Waals surface area (Å²) in [6.07, 6.45) is 7.06. The second-order valence-corrected chi connectivity index (χ2v) is 5.41. The Morgan fingerprint density at radius 3 is 3.20 bits per heavy atom. The number of rotatable bonds is 3. The van der Waals surface area contributed by atoms with Crippen molar-refractivity contribution in [1.82, 2.24) is 20.2 Å². The molecule has 2 aromatic rings. The van der Waals surface area contributed by atoms with Crippen LogP contribution in [0.1, 0.15) is 36.5 Å². The predicted molar refractivity (Wildman–Crippen MR) is 77.8 cm³/mol. The van der Waals surface area contributed by atoms with E-state index in [2.05, 4.69) is 22.7 Å². The van der Waals surface area contributed by atoms with Crippen molar-refractivity contribution < 1.29 is 4.79 Å². The molecule has 3 rings (SSSR count). The van der Waals surface area contributed by atoms with E-state index in [0.717, 1.165) is 18.5 Å². The van der Waals surface area contributed by atoms with Gasteiger partial charge < -0.3 is 10.6 Å². The monoisotopic (exact) mass is 272 g/mol. The summed E-state index contributed by atoms with van der Waals surface area (Å²) in [4.78, 5) is 12.4. The maximum absolute atomic E-state index is 12.4. The number of fused-ring (bicyclic) bond motifs is 1. The molecule has 1 fully saturated rings. The Bertz CT molecular complexity index is 601. The molecule has 20 heavy (non-hydrogen) atoms. The van der Waals surface area contributed by atoms with Crippen molar-refractivity contribution in [2.75, 3.05) is 6.54 Å². The molecule has 0 aliphatic carbocycles. The van der Waals surface area contributed by atoms with Gasteiger partial charge in [-0.25, -0.2) is 4.52 Å². The van der Waals surface area contributed by atoms with E-state index in [0.29, 0.717) is 11.6 Å². The van der Waals surface area contributed by atoms with Crippen molar-refractivity contribution in [3.63, 3.8) is 0 Å². The summed E-state index contributed by atoms with van der Waals surface area (Å²) >= 11 is 0. The molecule has 5 nitrogen and oxygen atoms in total. The first-order valence-electron chi connectivity index (χ1n) is 7.22. The Kier molecular flexibility index (Phi) is 3.69. The van der Waals surface area contributed by atoms with Gasteiger partial charge in [-0.3, -0.25) is 4.79 Å². The maximum atomic E-state index is 12.4. The summed E-state index contributed by atoms with van der Waals surface area (Å²) in [6, 6.07) is 6.22. The van der Waals surface area contributed by atoms with Crippen molar-refractivity contribution in [3.05, 3.63) is 36.2 Å². The Balaban J connectivity index is 1.72. The number of amides is 1. The molecule has 1 amide bonds. The van der Waals surface area contributed by atoms with Gasteiger partial charge in [0.2, 0.25) is 0 Å². The molecule has 2 atom stereocenters. The molecule has 1 aliphatic rings. The molecular weight excluding hydrogens is 252 g/mol. The Hall–Kier alpha value is -1.88. The largest absolute Gasteiger partial charge is 0.348 e. The average Bonchev–Trinajstić information content (AvgIpc) is 2.92. The van der Waals surface area contributed by atoms with Gasteiger partial charge in [0.15, 0.2) is 0 Å². The molecule has 0 radical (unpaired) electrons. The standard InChI is InChI=1S/C15H20N4O/c1-11(13-6-2-4-8-16-13)18-15(20)12-10-17-19-9-5-3-7-14(12)19/h3,5,7,9-11,13,16H,2,4,6,8H2,1H3,(H,18,20). The van der Waals surface area contributed by atoms with Crippen molar-refractivity contribution in [2.24, 2.45) is 0 Å². The summed E-state index contributed by atoms with van der Waals surface area (Å²) in [6.45, 7) is 3.11. The molecule has 2 aromatic heterocycles. The first-order chi connectivity index (χ1) is 9.75. The van der Waals surface area contributed by atoms with Gasteiger partial charge >= 0.3 is 0 Å². The topological polar surface area (TPSA) is 58.4 Å². The molecule has 0 bridgehead atoms. The minimum absolute atomic E-state index is 0.0499. The number of hydrogen-bond donors (Lipinski definition) is 2. The number of hydrogen-bond acceptors (Lipinski definition) is 3. The van der Waals surface area contributed by atoms with Gasteiger partial charge in [0, 0.05) is 18.3 Å². The van der Waals surface area contributed by atoms with Crippen molar-refractivity contribution in [3.8, 4) is 0 Å². The third-order valence-corrected chi connectivity index (χ3v) is 3.98. The maximum Gasteiger partial charge on any atom is 0.255 e. The molecule has 2 N–H and O–H groups in total. The molecule has 0 aromatic carbocycles. The highest BCUT2D eigenvalue weighted by Crippen LogP contribution is 2.13. The third-order valence-electron chi connectivity index (χ3n) is 3.98. The lowest BCUT2D eigenvalue weighted by molar-refractivity contribution is 0.0929. The number of aromatic nitrogens is 2. The summed E-state index contributed by atoms with van der Waals surface area (Å²) < 4.78 is 1.72. The number of carbonyl (C=O) groups is 1. The van der Waals surface area contributed by atoms with Crippen molar-refractivity contribution in [1.29, 1.82) is 0 Å². The smallest absolute Gasteiger partial charge is 0.255 e. The molecule has 2 unspecified atom stereocenters. The van der Waals surface area contributed by atoms with Crippen LogP contribution in [0.3, 0.4) is 0 Å². The van der Waals surface area contributed by atoms with Gasteiger partial charge in [-0.15, -0.1) is 0 Å². The molecule has 3 heterocycles. The molecule has 1 aliphatic heterocycles. The van der Waals surface area contributed by atoms with Crippen molar-refractivity contribution >= 4 is 11.4 Å². The number of nitrogens with one attached hydrogen (secondary N) is 2. The number of pyridine rings is 1. The molecule has 1 saturated heterocycles. The van der Waals surface area contributed by atoms with Crippen LogP contribution < -0.4 is 10.6 Å². The fourth-order valence-corrected chi connectivity index (χ4v) is 2.80. The second kappa shape index (κ2) is 5.63. The van der Waals surface area contributed by atoms with Crippen LogP contribution in [0.4, 0.5) is 0 Å². The van der Waals surface area contributed by atoms with Crippen LogP contribution in [0.25, 0.3) is 5.52 Å². The Morgan fingerprint density at radius 1 is 1.50 bits per heavy atom. The fourth-order valence-electron chi connectivity index (χ4n) is 2.80. The van der Waals surface area contributed by atoms with E-state index < -0.39 is 0 Å². The van der Waals surface area contributed by atoms with Gasteiger partial charge in [-0.05, 0) is 38.4 Å². The van der Waals surface area contributed by atoms with E-state index in [1.807, 2.05) is 24.4 Å². The SMILES string of the molecule is CC(NC(=O)c1cnn2ccccc12)C1CCCCN1. The highest BCUT2D eigenvalue weighted by molar-refractivity contribution is 6.00. The fraction of sp³-hybridized carbons (Fsp3) is 0.467. The quantitative estimate of drug-likeness (QED) is 0.892. The lowest BCUT2D eigenvalue weighted by Crippen LogP contribution is -2.50. The Morgan fingerprint density at radius 2 is 2.40 bits per heavy atom. The predicted octanol–water partition coefficient (Wildman–Crippen LogP) is 1.59. The second-order valence-electron chi connectivity index (χ2n) is 5.41. The summed E-state index contributed by atoms with van der Waals surface area (Å²) in [5, 5.41) is 10.8. The molecule has 106 valence electrons. The minimum Gasteiger partial charge on any atom is -0.348 e. The van der Waals surface area contributed by atoms with Gasteiger partial charge in [-0.2, -0.15) is 5.10 Å². The molecule has 0 saturated carbocycles. The highest BCUT2D eigenvalue weighted by Gasteiger charge is 2.22. The first-order valence-corrected chi connectivity index (χ1v) is 7.22. The van der Waals surface area contributed by atoms with E-state index in [4.69, 9.17) is 0 Å². The van der Waals surface area contributed by atoms with E-state index in [1.54, 1.807) is 10.7 Å². The van der Waals surface area contributed by atoms with Crippen LogP contribution in [-0.2, 0) is 0 Å². The van der Waals surface area contributed by atoms with E-state index in [1.165, 1.54) is 12.8 Å². The molecular formula is C15H20N4O. The zero-order valence-corrected chi connectivity index (χ0v) is 11.7. The first kappa shape index (κ1) is 13.1. The zero-order chi connectivity index (χ0) is 13.9. The van der Waals surface area contributed by atoms with Gasteiger partial charge in [-0.1, -0.05) is 12.5 Å². The molecule has 0 spiro atoms. The van der Waals surface area contributed by atoms with Crippen LogP contribution in [0.5, 0.6) is 0 Å². The minimum atomic E-state index is -0.0499. The van der Waals surface area contributed by atoms with Crippen LogP contribution in [0.2, 0.25) is 0 Å². The highest BCUT2D eigenvalue weighted by atomic mass is 16.1. The van der Waals surface area contributed by atoms with Crippen LogP contribution in [-0.4, -0.2) is 34.1 Å². The van der Waals surface area contributed by atoms with Gasteiger partial charge in [0.05, 0.1) is 17.3 Å². The van der Waals surface area contributed by atoms with E-state index in [-0.39, 0.29) is 11.9 Å². The van der Waals surface area contributed by atoms with E-state index >= 15 is 0 Å². The van der Waals surface area contributed by atoms with Crippen LogP contribution >= 0.6 is 0 Å². The number of carbonyl (C=O) groups excluding carboxylic acids is 1. The van der Waals surface area contributed by atoms with Crippen LogP contribution in [0, 0.1) is 0 Å². The molecule has 5 heteroatoms. The summed E-state index contributed by atoms with van der Waals surface area (Å²) in [5.74, 6) is -0.0499. The number of piperidine rings is 1. The Labute approximate surface area is 118 Å². The third kappa shape index (κ3) is 2.54. The lowest BCUT2D eigenvalue weighted by Gasteiger charge is -2.29. The van der Waals surface area contributed by atoms with Gasteiger partial charge in [0.1, 0.15) is 0 Å². The van der Waals surface area contributed by atoms with Gasteiger partial charge in [0.25, 0.3) is 5.91 Å². The van der Waals surface area contributed by atoms with Crippen molar-refractivity contribution in [2.45, 2.75) is 38.3 Å². The summed E-state index contributed by atoms with van der Waals surface area (Å²) in [5.41, 5.74) is 1.47. The number of nitrogens with zero attached hydrogens (tertiary/aromatic N) is 2. The normalized spacial score (nSPS) is 20.8. The summed E-state index contributed by atoms with van der Waals surface area (Å²) in [7, 11) is 0. The van der Waals surface area contributed by atoms with E-state index in [9.17, 15) is 4.79 Å². The lowest BCUT2D eigenvalue weighted by atomic mass is 9.99. The zero-order valence-electron chi connectivity index (χ0n) is 11.7. The van der Waals surface area contributed by atoms with Crippen LogP contribution in [0.15, 0.2) is 30.6 Å². The average molecular weight is 272 g/mol.